The molecule has 0 spiro atoms. The third-order valence-electron chi connectivity index (χ3n) is 3.23. The van der Waals surface area contributed by atoms with Crippen molar-refractivity contribution in [3.8, 4) is 0 Å². The third kappa shape index (κ3) is 5.02. The fraction of sp³-hybridized carbons (Fsp3) is 0.917. The zero-order chi connectivity index (χ0) is 12.6. The number of ether oxygens (including phenoxy) is 2. The summed E-state index contributed by atoms with van der Waals surface area (Å²) in [6, 6.07) is 0. The molecule has 0 aromatic carbocycles. The number of carbonyl (C=O) groups is 1. The van der Waals surface area contributed by atoms with Crippen LogP contribution in [0.4, 0.5) is 0 Å². The molecule has 17 heavy (non-hydrogen) atoms. The first-order valence-electron chi connectivity index (χ1n) is 6.32. The summed E-state index contributed by atoms with van der Waals surface area (Å²) in [7, 11) is 1.69. The van der Waals surface area contributed by atoms with E-state index in [1.54, 1.807) is 7.11 Å². The van der Waals surface area contributed by atoms with Crippen molar-refractivity contribution in [1.29, 1.82) is 0 Å². The minimum absolute atomic E-state index is 0.0744. The minimum Gasteiger partial charge on any atom is -0.380 e. The number of amides is 1. The van der Waals surface area contributed by atoms with Crippen molar-refractivity contribution in [2.24, 2.45) is 5.73 Å². The van der Waals surface area contributed by atoms with Gasteiger partial charge in [0.1, 0.15) is 0 Å². The first kappa shape index (κ1) is 14.4. The molecule has 1 aliphatic carbocycles. The zero-order valence-electron chi connectivity index (χ0n) is 10.7. The summed E-state index contributed by atoms with van der Waals surface area (Å²) in [4.78, 5) is 11.6. The lowest BCUT2D eigenvalue weighted by molar-refractivity contribution is -0.134. The fourth-order valence-electron chi connectivity index (χ4n) is 1.97. The van der Waals surface area contributed by atoms with Gasteiger partial charge in [0, 0.05) is 26.8 Å². The maximum Gasteiger partial charge on any atom is 0.222 e. The summed E-state index contributed by atoms with van der Waals surface area (Å²) in [6.07, 6.45) is 4.46. The number of hydrogen-bond acceptors (Lipinski definition) is 4. The van der Waals surface area contributed by atoms with E-state index in [0.717, 1.165) is 25.7 Å². The Labute approximate surface area is 103 Å². The zero-order valence-corrected chi connectivity index (χ0v) is 10.7. The van der Waals surface area contributed by atoms with Gasteiger partial charge in [-0.1, -0.05) is 0 Å². The Kier molecular flexibility index (Phi) is 6.47. The second-order valence-electron chi connectivity index (χ2n) is 4.52. The predicted molar refractivity (Wildman–Crippen MR) is 65.7 cm³/mol. The van der Waals surface area contributed by atoms with Gasteiger partial charge in [0.25, 0.3) is 0 Å². The van der Waals surface area contributed by atoms with Crippen LogP contribution in [-0.2, 0) is 14.3 Å². The van der Waals surface area contributed by atoms with E-state index in [-0.39, 0.29) is 11.5 Å². The lowest BCUT2D eigenvalue weighted by Gasteiger charge is -2.39. The Bertz CT molecular complexity index is 224. The molecule has 0 radical (unpaired) electrons. The average Bonchev–Trinajstić information content (AvgIpc) is 2.28. The highest BCUT2D eigenvalue weighted by atomic mass is 16.5. The highest BCUT2D eigenvalue weighted by Crippen LogP contribution is 2.37. The van der Waals surface area contributed by atoms with Crippen molar-refractivity contribution < 1.29 is 14.3 Å². The molecular weight excluding hydrogens is 220 g/mol. The Morgan fingerprint density at radius 2 is 2.18 bits per heavy atom. The summed E-state index contributed by atoms with van der Waals surface area (Å²) in [5.41, 5.74) is 5.11. The summed E-state index contributed by atoms with van der Waals surface area (Å²) in [5, 5.41) is 2.89. The van der Waals surface area contributed by atoms with Crippen LogP contribution in [0.1, 0.15) is 32.1 Å². The first-order chi connectivity index (χ1) is 8.22. The van der Waals surface area contributed by atoms with E-state index in [1.165, 1.54) is 0 Å². The molecule has 0 bridgehead atoms. The molecule has 1 amide bonds. The molecule has 1 rings (SSSR count). The second-order valence-corrected chi connectivity index (χ2v) is 4.52. The third-order valence-corrected chi connectivity index (χ3v) is 3.23. The van der Waals surface area contributed by atoms with Crippen molar-refractivity contribution in [2.75, 3.05) is 33.4 Å². The Balaban J connectivity index is 2.01. The van der Waals surface area contributed by atoms with E-state index in [2.05, 4.69) is 5.32 Å². The highest BCUT2D eigenvalue weighted by molar-refractivity contribution is 5.77. The number of hydrogen-bond donors (Lipinski definition) is 2. The van der Waals surface area contributed by atoms with Crippen molar-refractivity contribution in [3.63, 3.8) is 0 Å². The van der Waals surface area contributed by atoms with Crippen molar-refractivity contribution in [2.45, 2.75) is 37.7 Å². The van der Waals surface area contributed by atoms with Crippen molar-refractivity contribution >= 4 is 5.91 Å². The first-order valence-corrected chi connectivity index (χ1v) is 6.32. The predicted octanol–water partition coefficient (Wildman–Crippen LogP) is 0.427. The van der Waals surface area contributed by atoms with Crippen LogP contribution in [-0.4, -0.2) is 44.9 Å². The maximum atomic E-state index is 11.6. The molecule has 1 fully saturated rings. The van der Waals surface area contributed by atoms with E-state index in [4.69, 9.17) is 15.2 Å². The second kappa shape index (κ2) is 7.63. The van der Waals surface area contributed by atoms with Gasteiger partial charge >= 0.3 is 0 Å². The lowest BCUT2D eigenvalue weighted by atomic mass is 9.77. The number of nitrogens with two attached hydrogens (primary N) is 1. The topological polar surface area (TPSA) is 73.6 Å². The Morgan fingerprint density at radius 3 is 2.71 bits per heavy atom. The molecule has 0 atom stereocenters. The van der Waals surface area contributed by atoms with Crippen molar-refractivity contribution in [1.82, 2.24) is 5.32 Å². The molecule has 3 N–H and O–H groups in total. The minimum atomic E-state index is -0.180. The molecule has 0 saturated heterocycles. The normalized spacial score (nSPS) is 17.5. The number of carbonyl (C=O) groups excluding carboxylic acids is 1. The van der Waals surface area contributed by atoms with Crippen LogP contribution in [0.2, 0.25) is 0 Å². The maximum absolute atomic E-state index is 11.6. The number of nitrogens with one attached hydrogen (secondary N) is 1. The molecule has 5 nitrogen and oxygen atoms in total. The van der Waals surface area contributed by atoms with E-state index >= 15 is 0 Å². The van der Waals surface area contributed by atoms with Crippen LogP contribution in [0.5, 0.6) is 0 Å². The fourth-order valence-corrected chi connectivity index (χ4v) is 1.97. The van der Waals surface area contributed by atoms with E-state index < -0.39 is 0 Å². The largest absolute Gasteiger partial charge is 0.380 e. The van der Waals surface area contributed by atoms with Crippen LogP contribution >= 0.6 is 0 Å². The SMILES string of the molecule is COC1(CC(=O)NCCCOCCN)CCC1. The molecule has 5 heteroatoms. The van der Waals surface area contributed by atoms with E-state index in [9.17, 15) is 4.79 Å². The van der Waals surface area contributed by atoms with E-state index in [1.807, 2.05) is 0 Å². The van der Waals surface area contributed by atoms with Gasteiger partial charge in [0.15, 0.2) is 0 Å². The summed E-state index contributed by atoms with van der Waals surface area (Å²) >= 11 is 0. The summed E-state index contributed by atoms with van der Waals surface area (Å²) < 4.78 is 10.6. The average molecular weight is 244 g/mol. The molecule has 0 unspecified atom stereocenters. The molecule has 1 aliphatic rings. The summed E-state index contributed by atoms with van der Waals surface area (Å²) in [5.74, 6) is 0.0744. The van der Waals surface area contributed by atoms with Gasteiger partial charge in [0.05, 0.1) is 18.6 Å². The van der Waals surface area contributed by atoms with Gasteiger partial charge in [-0.15, -0.1) is 0 Å². The number of methoxy groups -OCH3 is 1. The monoisotopic (exact) mass is 244 g/mol. The molecule has 0 aliphatic heterocycles. The van der Waals surface area contributed by atoms with E-state index in [0.29, 0.717) is 32.7 Å². The molecule has 1 saturated carbocycles. The van der Waals surface area contributed by atoms with Crippen molar-refractivity contribution in [3.05, 3.63) is 0 Å². The van der Waals surface area contributed by atoms with Crippen LogP contribution in [0.25, 0.3) is 0 Å². The molecule has 100 valence electrons. The molecule has 0 heterocycles. The van der Waals surface area contributed by atoms with Crippen LogP contribution < -0.4 is 11.1 Å². The smallest absolute Gasteiger partial charge is 0.222 e. The lowest BCUT2D eigenvalue weighted by Crippen LogP contribution is -2.44. The summed E-state index contributed by atoms with van der Waals surface area (Å²) in [6.45, 7) is 2.43. The highest BCUT2D eigenvalue weighted by Gasteiger charge is 2.38. The van der Waals surface area contributed by atoms with Crippen LogP contribution in [0, 0.1) is 0 Å². The van der Waals surface area contributed by atoms with Gasteiger partial charge in [0.2, 0.25) is 5.91 Å². The van der Waals surface area contributed by atoms with Gasteiger partial charge < -0.3 is 20.5 Å². The number of rotatable bonds is 9. The van der Waals surface area contributed by atoms with Gasteiger partial charge in [-0.3, -0.25) is 4.79 Å². The Hall–Kier alpha value is -0.650. The van der Waals surface area contributed by atoms with Crippen LogP contribution in [0.3, 0.4) is 0 Å². The molecular formula is C12H24N2O3. The molecule has 0 aromatic heterocycles. The standard InChI is InChI=1S/C12H24N2O3/c1-16-12(4-2-5-12)10-11(15)14-7-3-8-17-9-6-13/h2-10,13H2,1H3,(H,14,15). The van der Waals surface area contributed by atoms with Crippen LogP contribution in [0.15, 0.2) is 0 Å². The van der Waals surface area contributed by atoms with Gasteiger partial charge in [-0.05, 0) is 25.7 Å². The molecule has 0 aromatic rings. The van der Waals surface area contributed by atoms with Gasteiger partial charge in [-0.2, -0.15) is 0 Å². The quantitative estimate of drug-likeness (QED) is 0.577. The Morgan fingerprint density at radius 1 is 1.41 bits per heavy atom. The van der Waals surface area contributed by atoms with Gasteiger partial charge in [-0.25, -0.2) is 0 Å².